The van der Waals surface area contributed by atoms with E-state index >= 15 is 0 Å². The summed E-state index contributed by atoms with van der Waals surface area (Å²) in [7, 11) is 3.22. The number of anilines is 2. The molecule has 1 aliphatic rings. The van der Waals surface area contributed by atoms with Crippen LogP contribution in [0.1, 0.15) is 5.56 Å². The number of pyridine rings is 1. The summed E-state index contributed by atoms with van der Waals surface area (Å²) in [6.07, 6.45) is 10.0. The lowest BCUT2D eigenvalue weighted by molar-refractivity contribution is 0.355. The number of ether oxygens (including phenoxy) is 2. The first-order valence-electron chi connectivity index (χ1n) is 9.10. The Balaban J connectivity index is 1.56. The highest BCUT2D eigenvalue weighted by molar-refractivity contribution is 5.78. The number of methoxy groups -OCH3 is 2. The number of aromatic nitrogens is 4. The molecule has 144 valence electrons. The molecule has 0 amide bonds. The van der Waals surface area contributed by atoms with Crippen LogP contribution in [0.25, 0.3) is 16.9 Å². The van der Waals surface area contributed by atoms with Crippen molar-refractivity contribution in [1.29, 1.82) is 0 Å². The number of hydrogen-bond acceptors (Lipinski definition) is 7. The van der Waals surface area contributed by atoms with Crippen molar-refractivity contribution in [1.82, 2.24) is 19.4 Å². The predicted molar refractivity (Wildman–Crippen MR) is 111 cm³/mol. The maximum absolute atomic E-state index is 5.40. The van der Waals surface area contributed by atoms with Gasteiger partial charge >= 0.3 is 0 Å². The third kappa shape index (κ3) is 3.04. The first-order chi connectivity index (χ1) is 14.2. The minimum atomic E-state index is 0.635. The Labute approximate surface area is 166 Å². The van der Waals surface area contributed by atoms with Crippen LogP contribution in [0.5, 0.6) is 11.5 Å². The number of rotatable bonds is 5. The Hall–Kier alpha value is -3.94. The van der Waals surface area contributed by atoms with Crippen LogP contribution >= 0.6 is 0 Å². The molecule has 0 spiro atoms. The van der Waals surface area contributed by atoms with E-state index in [4.69, 9.17) is 14.5 Å². The zero-order valence-electron chi connectivity index (χ0n) is 16.0. The molecule has 1 aliphatic heterocycles. The van der Waals surface area contributed by atoms with E-state index in [1.54, 1.807) is 26.6 Å². The van der Waals surface area contributed by atoms with Crippen molar-refractivity contribution >= 4 is 29.2 Å². The van der Waals surface area contributed by atoms with Crippen LogP contribution in [0.4, 0.5) is 17.3 Å². The lowest BCUT2D eigenvalue weighted by Gasteiger charge is -2.13. The predicted octanol–water partition coefficient (Wildman–Crippen LogP) is 3.81. The van der Waals surface area contributed by atoms with Crippen LogP contribution in [0, 0.1) is 0 Å². The molecule has 0 fully saturated rings. The quantitative estimate of drug-likeness (QED) is 0.561. The summed E-state index contributed by atoms with van der Waals surface area (Å²) in [4.78, 5) is 18.0. The molecule has 0 saturated heterocycles. The van der Waals surface area contributed by atoms with E-state index in [2.05, 4.69) is 26.3 Å². The van der Waals surface area contributed by atoms with E-state index in [0.29, 0.717) is 17.3 Å². The van der Waals surface area contributed by atoms with Crippen LogP contribution < -0.4 is 14.8 Å². The van der Waals surface area contributed by atoms with Gasteiger partial charge in [-0.2, -0.15) is 0 Å². The summed E-state index contributed by atoms with van der Waals surface area (Å²) in [6.45, 7) is 0. The summed E-state index contributed by atoms with van der Waals surface area (Å²) in [5.74, 6) is 2.71. The Morgan fingerprint density at radius 2 is 1.97 bits per heavy atom. The summed E-state index contributed by atoms with van der Waals surface area (Å²) in [6, 6.07) is 7.70. The van der Waals surface area contributed by atoms with E-state index < -0.39 is 0 Å². The molecule has 0 aliphatic carbocycles. The standard InChI is InChI=1S/C21H18N6O2/c1-28-17-4-3-15(10-18(17)29-2)25-20-21-23-7-8-27(21)12-16(26-20)14-9-13-5-6-22-19(13)24-11-14/h3-4,6-12H,5H2,1-2H3,(H,25,26). The van der Waals surface area contributed by atoms with E-state index in [-0.39, 0.29) is 0 Å². The van der Waals surface area contributed by atoms with Gasteiger partial charge in [0.2, 0.25) is 0 Å². The molecule has 0 bridgehead atoms. The van der Waals surface area contributed by atoms with Crippen LogP contribution in [-0.2, 0) is 6.42 Å². The normalized spacial score (nSPS) is 12.2. The molecular formula is C21H18N6O2. The summed E-state index contributed by atoms with van der Waals surface area (Å²) in [5.41, 5.74) is 4.36. The summed E-state index contributed by atoms with van der Waals surface area (Å²) < 4.78 is 12.6. The van der Waals surface area contributed by atoms with Gasteiger partial charge in [-0.15, -0.1) is 0 Å². The van der Waals surface area contributed by atoms with Gasteiger partial charge in [-0.05, 0) is 18.2 Å². The molecule has 5 rings (SSSR count). The Bertz CT molecular complexity index is 1250. The fraction of sp³-hybridized carbons (Fsp3) is 0.143. The fourth-order valence-electron chi connectivity index (χ4n) is 3.35. The van der Waals surface area contributed by atoms with Gasteiger partial charge < -0.3 is 19.2 Å². The van der Waals surface area contributed by atoms with Gasteiger partial charge in [-0.1, -0.05) is 0 Å². The monoisotopic (exact) mass is 386 g/mol. The molecule has 0 atom stereocenters. The van der Waals surface area contributed by atoms with Gasteiger partial charge in [0.15, 0.2) is 28.8 Å². The number of nitrogens with one attached hydrogen (secondary N) is 1. The summed E-state index contributed by atoms with van der Waals surface area (Å²) in [5, 5.41) is 3.35. The number of fused-ring (bicyclic) bond motifs is 2. The van der Waals surface area contributed by atoms with Gasteiger partial charge in [-0.3, -0.25) is 0 Å². The molecule has 3 aromatic heterocycles. The highest BCUT2D eigenvalue weighted by Gasteiger charge is 2.14. The van der Waals surface area contributed by atoms with Crippen LogP contribution in [0.15, 0.2) is 54.0 Å². The van der Waals surface area contributed by atoms with Gasteiger partial charge in [0.25, 0.3) is 0 Å². The number of hydrogen-bond donors (Lipinski definition) is 1. The van der Waals surface area contributed by atoms with E-state index in [0.717, 1.165) is 40.4 Å². The Morgan fingerprint density at radius 3 is 2.83 bits per heavy atom. The van der Waals surface area contributed by atoms with Crippen LogP contribution in [0.3, 0.4) is 0 Å². The molecule has 0 saturated carbocycles. The topological polar surface area (TPSA) is 85.9 Å². The summed E-state index contributed by atoms with van der Waals surface area (Å²) >= 11 is 0. The molecule has 0 radical (unpaired) electrons. The van der Waals surface area contributed by atoms with Gasteiger partial charge in [0.1, 0.15) is 0 Å². The highest BCUT2D eigenvalue weighted by atomic mass is 16.5. The minimum absolute atomic E-state index is 0.635. The van der Waals surface area contributed by atoms with Gasteiger partial charge in [0, 0.05) is 60.3 Å². The molecule has 4 aromatic rings. The average Bonchev–Trinajstić information content (AvgIpc) is 3.42. The first kappa shape index (κ1) is 17.2. The van der Waals surface area contributed by atoms with Gasteiger partial charge in [0.05, 0.1) is 19.9 Å². The van der Waals surface area contributed by atoms with Gasteiger partial charge in [-0.25, -0.2) is 19.9 Å². The maximum Gasteiger partial charge on any atom is 0.180 e. The Kier molecular flexibility index (Phi) is 4.09. The largest absolute Gasteiger partial charge is 0.493 e. The molecule has 8 heteroatoms. The number of imidazole rings is 1. The maximum atomic E-state index is 5.40. The minimum Gasteiger partial charge on any atom is -0.493 e. The third-order valence-electron chi connectivity index (χ3n) is 4.78. The number of aliphatic imine (C=N–C) groups is 1. The zero-order chi connectivity index (χ0) is 19.8. The van der Waals surface area contributed by atoms with Crippen molar-refractivity contribution in [2.24, 2.45) is 4.99 Å². The van der Waals surface area contributed by atoms with Crippen molar-refractivity contribution in [2.45, 2.75) is 6.42 Å². The molecule has 29 heavy (non-hydrogen) atoms. The van der Waals surface area contributed by atoms with Crippen molar-refractivity contribution < 1.29 is 9.47 Å². The van der Waals surface area contributed by atoms with E-state index in [1.807, 2.05) is 41.2 Å². The highest BCUT2D eigenvalue weighted by Crippen LogP contribution is 2.32. The zero-order valence-corrected chi connectivity index (χ0v) is 16.0. The lowest BCUT2D eigenvalue weighted by Crippen LogP contribution is -2.01. The number of benzene rings is 1. The number of nitrogens with zero attached hydrogens (tertiary/aromatic N) is 5. The van der Waals surface area contributed by atoms with Crippen LogP contribution in [0.2, 0.25) is 0 Å². The first-order valence-corrected chi connectivity index (χ1v) is 9.10. The van der Waals surface area contributed by atoms with Crippen molar-refractivity contribution in [3.05, 3.63) is 54.6 Å². The third-order valence-corrected chi connectivity index (χ3v) is 4.78. The average molecular weight is 386 g/mol. The SMILES string of the molecule is COc1ccc(Nc2nc(-c3cnc4c(c3)CC=N4)cn3ccnc23)cc1OC. The van der Waals surface area contributed by atoms with E-state index in [9.17, 15) is 0 Å². The molecule has 4 heterocycles. The molecular weight excluding hydrogens is 368 g/mol. The van der Waals surface area contributed by atoms with Crippen molar-refractivity contribution in [2.75, 3.05) is 19.5 Å². The lowest BCUT2D eigenvalue weighted by atomic mass is 10.1. The second kappa shape index (κ2) is 6.90. The molecule has 1 N–H and O–H groups in total. The van der Waals surface area contributed by atoms with Crippen molar-refractivity contribution in [3.63, 3.8) is 0 Å². The smallest absolute Gasteiger partial charge is 0.180 e. The molecule has 8 nitrogen and oxygen atoms in total. The van der Waals surface area contributed by atoms with Crippen molar-refractivity contribution in [3.8, 4) is 22.8 Å². The molecule has 1 aromatic carbocycles. The second-order valence-corrected chi connectivity index (χ2v) is 6.55. The van der Waals surface area contributed by atoms with Crippen LogP contribution in [-0.4, -0.2) is 39.8 Å². The van der Waals surface area contributed by atoms with E-state index in [1.165, 1.54) is 0 Å². The second-order valence-electron chi connectivity index (χ2n) is 6.55. The fourth-order valence-corrected chi connectivity index (χ4v) is 3.35. The molecule has 0 unspecified atom stereocenters. The Morgan fingerprint density at radius 1 is 1.07 bits per heavy atom.